The highest BCUT2D eigenvalue weighted by Crippen LogP contribution is 2.45. The Morgan fingerprint density at radius 1 is 1.10 bits per heavy atom. The molecule has 0 radical (unpaired) electrons. The van der Waals surface area contributed by atoms with Gasteiger partial charge in [0.2, 0.25) is 17.7 Å². The molecule has 108 valence electrons. The fraction of sp³-hybridized carbons (Fsp3) is 0.286. The van der Waals surface area contributed by atoms with Gasteiger partial charge in [-0.3, -0.25) is 24.1 Å². The Kier molecular flexibility index (Phi) is 2.98. The van der Waals surface area contributed by atoms with E-state index in [1.54, 1.807) is 12.1 Å². The van der Waals surface area contributed by atoms with E-state index in [2.05, 4.69) is 15.9 Å². The zero-order valence-corrected chi connectivity index (χ0v) is 12.9. The van der Waals surface area contributed by atoms with Gasteiger partial charge in [-0.15, -0.1) is 0 Å². The molecule has 0 bridgehead atoms. The van der Waals surface area contributed by atoms with Crippen LogP contribution in [0.25, 0.3) is 0 Å². The molecule has 4 amide bonds. The molecule has 2 aliphatic rings. The van der Waals surface area contributed by atoms with Gasteiger partial charge in [0, 0.05) is 13.8 Å². The summed E-state index contributed by atoms with van der Waals surface area (Å²) in [6, 6.07) is 3.28. The van der Waals surface area contributed by atoms with Crippen molar-refractivity contribution in [1.82, 2.24) is 0 Å². The van der Waals surface area contributed by atoms with E-state index >= 15 is 0 Å². The lowest BCUT2D eigenvalue weighted by Gasteiger charge is -2.17. The molecule has 1 atom stereocenters. The summed E-state index contributed by atoms with van der Waals surface area (Å²) >= 11 is 3.27. The van der Waals surface area contributed by atoms with E-state index in [4.69, 9.17) is 0 Å². The van der Waals surface area contributed by atoms with Gasteiger partial charge in [-0.1, -0.05) is 15.9 Å². The molecule has 0 saturated carbocycles. The van der Waals surface area contributed by atoms with Crippen LogP contribution in [-0.2, 0) is 25.6 Å². The molecule has 0 aliphatic carbocycles. The third-order valence-corrected chi connectivity index (χ3v) is 4.53. The van der Waals surface area contributed by atoms with Crippen molar-refractivity contribution in [3.63, 3.8) is 0 Å². The lowest BCUT2D eigenvalue weighted by atomic mass is 10.1. The third kappa shape index (κ3) is 1.84. The molecule has 0 unspecified atom stereocenters. The van der Waals surface area contributed by atoms with Gasteiger partial charge < -0.3 is 0 Å². The number of benzene rings is 1. The van der Waals surface area contributed by atoms with Crippen molar-refractivity contribution in [2.24, 2.45) is 0 Å². The Balaban J connectivity index is 2.21. The molecule has 0 fully saturated rings. The molecule has 3 rings (SSSR count). The minimum atomic E-state index is -0.608. The molecule has 21 heavy (non-hydrogen) atoms. The number of hydrogen-bond acceptors (Lipinski definition) is 4. The van der Waals surface area contributed by atoms with Gasteiger partial charge in [-0.05, 0) is 23.3 Å². The summed E-state index contributed by atoms with van der Waals surface area (Å²) in [4.78, 5) is 48.9. The van der Waals surface area contributed by atoms with E-state index in [1.165, 1.54) is 13.8 Å². The first-order valence-electron chi connectivity index (χ1n) is 6.32. The molecule has 0 spiro atoms. The first kappa shape index (κ1) is 13.9. The zero-order valence-electron chi connectivity index (χ0n) is 11.3. The van der Waals surface area contributed by atoms with Gasteiger partial charge in [0.25, 0.3) is 5.91 Å². The molecule has 0 N–H and O–H groups in total. The van der Waals surface area contributed by atoms with Crippen LogP contribution in [0, 0.1) is 0 Å². The number of anilines is 2. The summed E-state index contributed by atoms with van der Waals surface area (Å²) in [5, 5.41) is 0. The Bertz CT molecular complexity index is 728. The Hall–Kier alpha value is -2.02. The fourth-order valence-electron chi connectivity index (χ4n) is 2.80. The molecule has 0 aromatic heterocycles. The average Bonchev–Trinajstić information content (AvgIpc) is 2.82. The first-order valence-corrected chi connectivity index (χ1v) is 7.23. The summed E-state index contributed by atoms with van der Waals surface area (Å²) in [6.45, 7) is 2.61. The van der Waals surface area contributed by atoms with Crippen LogP contribution in [0.1, 0.15) is 29.8 Å². The predicted octanol–water partition coefficient (Wildman–Crippen LogP) is 1.45. The highest BCUT2D eigenvalue weighted by Gasteiger charge is 2.41. The average molecular weight is 351 g/mol. The van der Waals surface area contributed by atoms with Crippen LogP contribution < -0.4 is 9.80 Å². The number of rotatable bonds is 0. The van der Waals surface area contributed by atoms with Crippen molar-refractivity contribution in [3.8, 4) is 0 Å². The lowest BCUT2D eigenvalue weighted by Crippen LogP contribution is -2.33. The highest BCUT2D eigenvalue weighted by atomic mass is 79.9. The monoisotopic (exact) mass is 350 g/mol. The van der Waals surface area contributed by atoms with Crippen LogP contribution in [0.4, 0.5) is 11.4 Å². The lowest BCUT2D eigenvalue weighted by molar-refractivity contribution is -0.126. The minimum Gasteiger partial charge on any atom is -0.274 e. The van der Waals surface area contributed by atoms with Gasteiger partial charge in [-0.25, -0.2) is 4.90 Å². The van der Waals surface area contributed by atoms with Gasteiger partial charge in [0.1, 0.15) is 4.83 Å². The second kappa shape index (κ2) is 4.49. The van der Waals surface area contributed by atoms with E-state index < -0.39 is 10.7 Å². The normalized spacial score (nSPS) is 19.9. The van der Waals surface area contributed by atoms with Crippen LogP contribution in [-0.4, -0.2) is 23.6 Å². The number of fused-ring (bicyclic) bond motifs is 2. The van der Waals surface area contributed by atoms with Crippen molar-refractivity contribution in [1.29, 1.82) is 0 Å². The SMILES string of the molecule is CC(=O)N1C(=O)Cc2cc3c(cc21)N(C(C)=O)C(=O)[C@@H]3Br. The van der Waals surface area contributed by atoms with Crippen LogP contribution in [0.3, 0.4) is 0 Å². The van der Waals surface area contributed by atoms with E-state index in [9.17, 15) is 19.2 Å². The van der Waals surface area contributed by atoms with Gasteiger partial charge >= 0.3 is 0 Å². The van der Waals surface area contributed by atoms with Crippen molar-refractivity contribution < 1.29 is 19.2 Å². The molecule has 1 aromatic carbocycles. The number of hydrogen-bond donors (Lipinski definition) is 0. The fourth-order valence-corrected chi connectivity index (χ4v) is 3.37. The van der Waals surface area contributed by atoms with E-state index in [1.807, 2.05) is 0 Å². The Morgan fingerprint density at radius 3 is 2.29 bits per heavy atom. The predicted molar refractivity (Wildman–Crippen MR) is 78.1 cm³/mol. The summed E-state index contributed by atoms with van der Waals surface area (Å²) in [5.74, 6) is -1.44. The largest absolute Gasteiger partial charge is 0.274 e. The van der Waals surface area contributed by atoms with Crippen molar-refractivity contribution in [2.75, 3.05) is 9.80 Å². The van der Waals surface area contributed by atoms with Gasteiger partial charge in [0.15, 0.2) is 0 Å². The van der Waals surface area contributed by atoms with Crippen LogP contribution in [0.5, 0.6) is 0 Å². The van der Waals surface area contributed by atoms with E-state index in [-0.39, 0.29) is 24.1 Å². The first-order chi connectivity index (χ1) is 9.82. The Labute approximate surface area is 128 Å². The molecule has 6 nitrogen and oxygen atoms in total. The second-order valence-corrected chi connectivity index (χ2v) is 5.94. The minimum absolute atomic E-state index is 0.121. The van der Waals surface area contributed by atoms with Gasteiger partial charge in [0.05, 0.1) is 17.8 Å². The summed E-state index contributed by atoms with van der Waals surface area (Å²) in [6.07, 6.45) is 0.121. The van der Waals surface area contributed by atoms with E-state index in [0.29, 0.717) is 22.5 Å². The molecule has 7 heteroatoms. The summed E-state index contributed by atoms with van der Waals surface area (Å²) < 4.78 is 0. The Morgan fingerprint density at radius 2 is 1.71 bits per heavy atom. The summed E-state index contributed by atoms with van der Waals surface area (Å²) in [7, 11) is 0. The van der Waals surface area contributed by atoms with Crippen molar-refractivity contribution in [3.05, 3.63) is 23.3 Å². The standard InChI is InChI=1S/C14H11BrN2O4/c1-6(18)16-10-5-11-9(3-8(10)4-12(16)20)13(15)14(21)17(11)7(2)19/h3,5,13H,4H2,1-2H3/t13-/m1/s1. The smallest absolute Gasteiger partial charge is 0.252 e. The number of imide groups is 2. The van der Waals surface area contributed by atoms with Crippen LogP contribution in [0.15, 0.2) is 12.1 Å². The molecular formula is C14H11BrN2O4. The van der Waals surface area contributed by atoms with Crippen molar-refractivity contribution in [2.45, 2.75) is 25.1 Å². The maximum atomic E-state index is 12.1. The molecule has 0 saturated heterocycles. The summed E-state index contributed by atoms with van der Waals surface area (Å²) in [5.41, 5.74) is 2.21. The second-order valence-electron chi connectivity index (χ2n) is 5.02. The number of alkyl halides is 1. The van der Waals surface area contributed by atoms with E-state index in [0.717, 1.165) is 9.80 Å². The number of carbonyl (C=O) groups excluding carboxylic acids is 4. The molecule has 2 heterocycles. The number of halogens is 1. The number of nitrogens with zero attached hydrogens (tertiary/aromatic N) is 2. The number of carbonyl (C=O) groups is 4. The number of amides is 4. The topological polar surface area (TPSA) is 74.8 Å². The van der Waals surface area contributed by atoms with Crippen LogP contribution in [0.2, 0.25) is 0 Å². The highest BCUT2D eigenvalue weighted by molar-refractivity contribution is 9.09. The molecule has 1 aromatic rings. The van der Waals surface area contributed by atoms with Crippen molar-refractivity contribution >= 4 is 50.9 Å². The molecular weight excluding hydrogens is 340 g/mol. The van der Waals surface area contributed by atoms with Gasteiger partial charge in [-0.2, -0.15) is 0 Å². The van der Waals surface area contributed by atoms with Crippen LogP contribution >= 0.6 is 15.9 Å². The third-order valence-electron chi connectivity index (χ3n) is 3.64. The maximum absolute atomic E-state index is 12.1. The quantitative estimate of drug-likeness (QED) is 0.663. The molecule has 2 aliphatic heterocycles. The zero-order chi connectivity index (χ0) is 15.5. The maximum Gasteiger partial charge on any atom is 0.252 e.